The standard InChI is InChI=1S/C27H43N3O4S/c1-8-14-28(15-9-2)22(32)19-20-23(33)29(17-11-18-31)21(27(20)13-12-26(19,7)35-27)24(34)30(16-10-3)25(4,5)6/h8,10,19-21,31H,1,3,9,11-18H2,2,4-7H3/t19-,20+,21?,26+,27?/m1/s1. The van der Waals surface area contributed by atoms with Gasteiger partial charge >= 0.3 is 0 Å². The zero-order valence-corrected chi connectivity index (χ0v) is 22.9. The number of likely N-dealkylation sites (tertiary alicyclic amines) is 1. The van der Waals surface area contributed by atoms with Crippen molar-refractivity contribution in [3.63, 3.8) is 0 Å². The van der Waals surface area contributed by atoms with Crippen LogP contribution in [-0.2, 0) is 14.4 Å². The van der Waals surface area contributed by atoms with Crippen LogP contribution in [0, 0.1) is 11.8 Å². The molecular formula is C27H43N3O4S. The third kappa shape index (κ3) is 4.57. The maximum Gasteiger partial charge on any atom is 0.247 e. The molecule has 3 fully saturated rings. The average Bonchev–Trinajstić information content (AvgIpc) is 3.35. The second kappa shape index (κ2) is 10.3. The fourth-order valence-corrected chi connectivity index (χ4v) is 8.79. The normalized spacial score (nSPS) is 31.4. The van der Waals surface area contributed by atoms with E-state index in [1.807, 2.05) is 32.6 Å². The van der Waals surface area contributed by atoms with Gasteiger partial charge in [0, 0.05) is 43.1 Å². The highest BCUT2D eigenvalue weighted by atomic mass is 32.2. The van der Waals surface area contributed by atoms with Crippen LogP contribution in [0.15, 0.2) is 25.3 Å². The SMILES string of the molecule is C=CCN(CCC)C(=O)[C@H]1[C@H]2C(=O)N(CCCO)C(C(=O)N(CC=C)C(C)(C)C)C23CC[C@]1(C)S3. The maximum absolute atomic E-state index is 14.2. The predicted octanol–water partition coefficient (Wildman–Crippen LogP) is 3.09. The van der Waals surface area contributed by atoms with Crippen LogP contribution in [0.4, 0.5) is 0 Å². The van der Waals surface area contributed by atoms with Gasteiger partial charge in [0.25, 0.3) is 0 Å². The Balaban J connectivity index is 2.10. The molecule has 196 valence electrons. The van der Waals surface area contributed by atoms with Crippen LogP contribution >= 0.6 is 11.8 Å². The van der Waals surface area contributed by atoms with Crippen molar-refractivity contribution < 1.29 is 19.5 Å². The van der Waals surface area contributed by atoms with E-state index in [0.717, 1.165) is 19.3 Å². The van der Waals surface area contributed by atoms with Crippen molar-refractivity contribution in [2.24, 2.45) is 11.8 Å². The summed E-state index contributed by atoms with van der Waals surface area (Å²) in [5.74, 6) is -1.23. The quantitative estimate of drug-likeness (QED) is 0.437. The Morgan fingerprint density at radius 1 is 1.20 bits per heavy atom. The molecule has 3 amide bonds. The van der Waals surface area contributed by atoms with E-state index in [4.69, 9.17) is 0 Å². The summed E-state index contributed by atoms with van der Waals surface area (Å²) in [6.45, 7) is 19.5. The fraction of sp³-hybridized carbons (Fsp3) is 0.741. The van der Waals surface area contributed by atoms with Gasteiger partial charge in [-0.2, -0.15) is 0 Å². The third-order valence-electron chi connectivity index (χ3n) is 7.88. The molecule has 0 aromatic heterocycles. The van der Waals surface area contributed by atoms with Crippen LogP contribution in [0.25, 0.3) is 0 Å². The van der Waals surface area contributed by atoms with Gasteiger partial charge in [-0.3, -0.25) is 14.4 Å². The zero-order valence-electron chi connectivity index (χ0n) is 22.1. The number of hydrogen-bond acceptors (Lipinski definition) is 5. The van der Waals surface area contributed by atoms with Crippen LogP contribution in [0.3, 0.4) is 0 Å². The summed E-state index contributed by atoms with van der Waals surface area (Å²) in [6, 6.07) is -0.658. The van der Waals surface area contributed by atoms with Crippen LogP contribution in [0.1, 0.15) is 60.3 Å². The predicted molar refractivity (Wildman–Crippen MR) is 141 cm³/mol. The number of aliphatic hydroxyl groups excluding tert-OH is 1. The van der Waals surface area contributed by atoms with Gasteiger partial charge in [0.2, 0.25) is 17.7 Å². The molecule has 0 aromatic rings. The molecule has 3 heterocycles. The lowest BCUT2D eigenvalue weighted by molar-refractivity contribution is -0.146. The first-order valence-corrected chi connectivity index (χ1v) is 13.7. The van der Waals surface area contributed by atoms with Crippen molar-refractivity contribution in [1.82, 2.24) is 14.7 Å². The van der Waals surface area contributed by atoms with Gasteiger partial charge in [-0.1, -0.05) is 19.1 Å². The van der Waals surface area contributed by atoms with Crippen LogP contribution in [-0.4, -0.2) is 91.4 Å². The van der Waals surface area contributed by atoms with E-state index in [2.05, 4.69) is 20.1 Å². The Kier molecular flexibility index (Phi) is 8.17. The molecule has 8 heteroatoms. The van der Waals surface area contributed by atoms with Crippen molar-refractivity contribution in [1.29, 1.82) is 0 Å². The first kappa shape index (κ1) is 27.8. The summed E-state index contributed by atoms with van der Waals surface area (Å²) in [5.41, 5.74) is -0.450. The van der Waals surface area contributed by atoms with E-state index < -0.39 is 32.9 Å². The molecule has 35 heavy (non-hydrogen) atoms. The highest BCUT2D eigenvalue weighted by molar-refractivity contribution is 8.02. The molecule has 3 aliphatic rings. The largest absolute Gasteiger partial charge is 0.396 e. The number of amides is 3. The minimum Gasteiger partial charge on any atom is -0.396 e. The van der Waals surface area contributed by atoms with Crippen molar-refractivity contribution >= 4 is 29.5 Å². The number of thioether (sulfide) groups is 1. The number of rotatable bonds is 11. The Hall–Kier alpha value is -1.80. The molecule has 7 nitrogen and oxygen atoms in total. The second-order valence-electron chi connectivity index (χ2n) is 11.3. The molecule has 1 spiro atoms. The third-order valence-corrected chi connectivity index (χ3v) is 9.86. The minimum absolute atomic E-state index is 0.00403. The lowest BCUT2D eigenvalue weighted by Gasteiger charge is -2.42. The second-order valence-corrected chi connectivity index (χ2v) is 13.2. The Morgan fingerprint density at radius 3 is 2.40 bits per heavy atom. The first-order valence-electron chi connectivity index (χ1n) is 12.9. The Bertz CT molecular complexity index is 871. The zero-order chi connectivity index (χ0) is 26.2. The Labute approximate surface area is 215 Å². The van der Waals surface area contributed by atoms with E-state index in [1.165, 1.54) is 0 Å². The van der Waals surface area contributed by atoms with E-state index in [1.54, 1.807) is 33.7 Å². The minimum atomic E-state index is -0.658. The number of nitrogens with zero attached hydrogens (tertiary/aromatic N) is 3. The van der Waals surface area contributed by atoms with Gasteiger partial charge in [0.15, 0.2) is 0 Å². The van der Waals surface area contributed by atoms with Gasteiger partial charge in [-0.25, -0.2) is 0 Å². The molecule has 0 saturated carbocycles. The molecule has 3 aliphatic heterocycles. The maximum atomic E-state index is 14.2. The van der Waals surface area contributed by atoms with E-state index in [0.29, 0.717) is 32.6 Å². The molecule has 2 bridgehead atoms. The van der Waals surface area contributed by atoms with Crippen LogP contribution in [0.5, 0.6) is 0 Å². The molecule has 2 unspecified atom stereocenters. The molecule has 3 rings (SSSR count). The van der Waals surface area contributed by atoms with Gasteiger partial charge in [-0.05, 0) is 53.4 Å². The molecule has 3 saturated heterocycles. The number of hydrogen-bond donors (Lipinski definition) is 1. The summed E-state index contributed by atoms with van der Waals surface area (Å²) < 4.78 is -1.04. The first-order chi connectivity index (χ1) is 16.4. The molecule has 0 aliphatic carbocycles. The van der Waals surface area contributed by atoms with Crippen molar-refractivity contribution in [3.05, 3.63) is 25.3 Å². The highest BCUT2D eigenvalue weighted by Crippen LogP contribution is 2.71. The van der Waals surface area contributed by atoms with Crippen molar-refractivity contribution in [3.8, 4) is 0 Å². The monoisotopic (exact) mass is 505 g/mol. The number of fused-ring (bicyclic) bond motifs is 1. The lowest BCUT2D eigenvalue weighted by Crippen LogP contribution is -2.59. The summed E-state index contributed by atoms with van der Waals surface area (Å²) in [7, 11) is 0. The molecule has 0 aromatic carbocycles. The van der Waals surface area contributed by atoms with Crippen molar-refractivity contribution in [2.45, 2.75) is 81.4 Å². The highest BCUT2D eigenvalue weighted by Gasteiger charge is 2.77. The summed E-state index contributed by atoms with van der Waals surface area (Å²) >= 11 is 1.69. The number of aliphatic hydroxyl groups is 1. The van der Waals surface area contributed by atoms with E-state index in [9.17, 15) is 19.5 Å². The van der Waals surface area contributed by atoms with Gasteiger partial charge in [0.05, 0.1) is 16.6 Å². The van der Waals surface area contributed by atoms with Crippen molar-refractivity contribution in [2.75, 3.05) is 32.8 Å². The smallest absolute Gasteiger partial charge is 0.247 e. The topological polar surface area (TPSA) is 81.2 Å². The number of carbonyl (C=O) groups excluding carboxylic acids is 3. The molecule has 1 N–H and O–H groups in total. The Morgan fingerprint density at radius 2 is 1.86 bits per heavy atom. The van der Waals surface area contributed by atoms with E-state index >= 15 is 0 Å². The number of carbonyl (C=O) groups is 3. The lowest BCUT2D eigenvalue weighted by atomic mass is 9.66. The van der Waals surface area contributed by atoms with Gasteiger partial charge in [0.1, 0.15) is 6.04 Å². The van der Waals surface area contributed by atoms with Crippen LogP contribution in [0.2, 0.25) is 0 Å². The summed E-state index contributed by atoms with van der Waals surface area (Å²) in [6.07, 6.45) is 6.19. The van der Waals surface area contributed by atoms with Gasteiger partial charge < -0.3 is 19.8 Å². The fourth-order valence-electron chi connectivity index (χ4n) is 6.45. The molecule has 5 atom stereocenters. The summed E-state index contributed by atoms with van der Waals surface area (Å²) in [5, 5.41) is 9.54. The van der Waals surface area contributed by atoms with Crippen LogP contribution < -0.4 is 0 Å². The van der Waals surface area contributed by atoms with Gasteiger partial charge in [-0.15, -0.1) is 24.9 Å². The molecule has 0 radical (unpaired) electrons. The summed E-state index contributed by atoms with van der Waals surface area (Å²) in [4.78, 5) is 47.6. The van der Waals surface area contributed by atoms with E-state index in [-0.39, 0.29) is 24.3 Å². The molecular weight excluding hydrogens is 462 g/mol. The average molecular weight is 506 g/mol.